The van der Waals surface area contributed by atoms with Gasteiger partial charge in [-0.3, -0.25) is 14.5 Å². The molecule has 1 N–H and O–H groups in total. The van der Waals surface area contributed by atoms with Gasteiger partial charge in [0.15, 0.2) is 0 Å². The van der Waals surface area contributed by atoms with Crippen molar-refractivity contribution in [2.24, 2.45) is 23.7 Å². The smallest absolute Gasteiger partial charge is 0.233 e. The summed E-state index contributed by atoms with van der Waals surface area (Å²) in [7, 11) is 0. The Labute approximate surface area is 126 Å². The van der Waals surface area contributed by atoms with Crippen molar-refractivity contribution < 1.29 is 14.7 Å². The van der Waals surface area contributed by atoms with Crippen molar-refractivity contribution >= 4 is 11.8 Å². The van der Waals surface area contributed by atoms with E-state index in [-0.39, 0.29) is 30.3 Å². The molecule has 21 heavy (non-hydrogen) atoms. The predicted octanol–water partition coefficient (Wildman–Crippen LogP) is 2.35. The molecule has 0 aromatic heterocycles. The summed E-state index contributed by atoms with van der Waals surface area (Å²) in [6, 6.07) is 0. The zero-order chi connectivity index (χ0) is 15.2. The van der Waals surface area contributed by atoms with Crippen LogP contribution >= 0.6 is 0 Å². The fraction of sp³-hybridized carbons (Fsp3) is 0.882. The molecule has 0 bridgehead atoms. The number of fused-ring (bicyclic) bond motifs is 1. The Balaban J connectivity index is 1.86. The molecule has 1 saturated heterocycles. The minimum atomic E-state index is -0.613. The van der Waals surface area contributed by atoms with E-state index < -0.39 is 5.54 Å². The number of aliphatic hydroxyl groups excluding tert-OH is 1. The van der Waals surface area contributed by atoms with E-state index in [0.717, 1.165) is 44.9 Å². The molecule has 3 aliphatic rings. The first-order chi connectivity index (χ1) is 10.0. The third-order valence-electron chi connectivity index (χ3n) is 6.15. The van der Waals surface area contributed by atoms with Crippen LogP contribution in [0.1, 0.15) is 58.8 Å². The normalized spacial score (nSPS) is 43.5. The molecule has 4 heteroatoms. The summed E-state index contributed by atoms with van der Waals surface area (Å²) in [6.45, 7) is 4.21. The van der Waals surface area contributed by atoms with Crippen molar-refractivity contribution in [3.05, 3.63) is 0 Å². The van der Waals surface area contributed by atoms with Gasteiger partial charge in [-0.15, -0.1) is 0 Å². The second-order valence-electron chi connectivity index (χ2n) is 7.55. The summed E-state index contributed by atoms with van der Waals surface area (Å²) in [5.74, 6) is 0.778. The second-order valence-corrected chi connectivity index (χ2v) is 7.55. The van der Waals surface area contributed by atoms with Gasteiger partial charge in [-0.25, -0.2) is 0 Å². The predicted molar refractivity (Wildman–Crippen MR) is 79.3 cm³/mol. The molecular weight excluding hydrogens is 266 g/mol. The highest BCUT2D eigenvalue weighted by Gasteiger charge is 2.58. The van der Waals surface area contributed by atoms with E-state index in [0.29, 0.717) is 11.8 Å². The summed E-state index contributed by atoms with van der Waals surface area (Å²) in [5, 5.41) is 9.97. The van der Waals surface area contributed by atoms with E-state index in [1.807, 2.05) is 0 Å². The maximum Gasteiger partial charge on any atom is 0.233 e. The first kappa shape index (κ1) is 15.0. The summed E-state index contributed by atoms with van der Waals surface area (Å²) in [6.07, 6.45) is 6.42. The van der Waals surface area contributed by atoms with Crippen LogP contribution in [0, 0.1) is 23.7 Å². The number of imide groups is 1. The number of hydrogen-bond acceptors (Lipinski definition) is 3. The molecule has 4 nitrogen and oxygen atoms in total. The van der Waals surface area contributed by atoms with Crippen molar-refractivity contribution in [3.8, 4) is 0 Å². The summed E-state index contributed by atoms with van der Waals surface area (Å²) >= 11 is 0. The largest absolute Gasteiger partial charge is 0.394 e. The maximum absolute atomic E-state index is 12.8. The molecular formula is C17H27NO3. The van der Waals surface area contributed by atoms with Gasteiger partial charge in [0.2, 0.25) is 11.8 Å². The third-order valence-corrected chi connectivity index (χ3v) is 6.15. The molecule has 2 aliphatic carbocycles. The molecule has 2 saturated carbocycles. The summed E-state index contributed by atoms with van der Waals surface area (Å²) in [5.41, 5.74) is -0.613. The molecule has 1 heterocycles. The van der Waals surface area contributed by atoms with E-state index in [1.165, 1.54) is 4.90 Å². The van der Waals surface area contributed by atoms with Gasteiger partial charge in [-0.2, -0.15) is 0 Å². The average molecular weight is 293 g/mol. The lowest BCUT2D eigenvalue weighted by molar-refractivity contribution is -0.153. The second kappa shape index (κ2) is 5.38. The average Bonchev–Trinajstić information content (AvgIpc) is 2.99. The number of carbonyl (C=O) groups excluding carboxylic acids is 2. The van der Waals surface area contributed by atoms with Gasteiger partial charge >= 0.3 is 0 Å². The van der Waals surface area contributed by atoms with Gasteiger partial charge in [-0.1, -0.05) is 33.1 Å². The fourth-order valence-corrected chi connectivity index (χ4v) is 4.98. The monoisotopic (exact) mass is 293 g/mol. The first-order valence-electron chi connectivity index (χ1n) is 8.51. The molecule has 1 aliphatic heterocycles. The van der Waals surface area contributed by atoms with E-state index in [2.05, 4.69) is 13.8 Å². The Morgan fingerprint density at radius 1 is 1.24 bits per heavy atom. The highest BCUT2D eigenvalue weighted by molar-refractivity contribution is 6.06. The van der Waals surface area contributed by atoms with Crippen molar-refractivity contribution in [2.75, 3.05) is 6.61 Å². The topological polar surface area (TPSA) is 57.6 Å². The lowest BCUT2D eigenvalue weighted by atomic mass is 9.75. The number of nitrogens with zero attached hydrogens (tertiary/aromatic N) is 1. The first-order valence-corrected chi connectivity index (χ1v) is 8.51. The number of hydrogen-bond donors (Lipinski definition) is 1. The van der Waals surface area contributed by atoms with Gasteiger partial charge in [0.25, 0.3) is 0 Å². The van der Waals surface area contributed by atoms with Gasteiger partial charge in [0, 0.05) is 0 Å². The summed E-state index contributed by atoms with van der Waals surface area (Å²) in [4.78, 5) is 27.1. The van der Waals surface area contributed by atoms with Gasteiger partial charge in [0.1, 0.15) is 0 Å². The maximum atomic E-state index is 12.8. The van der Waals surface area contributed by atoms with Crippen LogP contribution in [-0.2, 0) is 9.59 Å². The Morgan fingerprint density at radius 2 is 1.86 bits per heavy atom. The number of likely N-dealkylation sites (tertiary alicyclic amines) is 1. The van der Waals surface area contributed by atoms with Crippen molar-refractivity contribution in [1.29, 1.82) is 0 Å². The minimum absolute atomic E-state index is 0.00380. The molecule has 2 amide bonds. The van der Waals surface area contributed by atoms with Gasteiger partial charge in [-0.05, 0) is 37.5 Å². The molecule has 3 rings (SSSR count). The Hall–Kier alpha value is -0.900. The van der Waals surface area contributed by atoms with Crippen molar-refractivity contribution in [3.63, 3.8) is 0 Å². The molecule has 4 unspecified atom stereocenters. The molecule has 3 fully saturated rings. The highest BCUT2D eigenvalue weighted by atomic mass is 16.3. The number of amides is 2. The number of carbonyl (C=O) groups is 2. The standard InChI is InChI=1S/C17H27NO3/c1-3-12-7-13-14(8-12)16(21)18(15(13)20)17(10-19)6-4-5-11(2)9-17/h11-14,19H,3-10H2,1-2H3. The molecule has 0 aromatic carbocycles. The lowest BCUT2D eigenvalue weighted by Gasteiger charge is -2.44. The van der Waals surface area contributed by atoms with Crippen molar-refractivity contribution in [1.82, 2.24) is 4.90 Å². The van der Waals surface area contributed by atoms with Crippen LogP contribution in [0.4, 0.5) is 0 Å². The van der Waals surface area contributed by atoms with E-state index in [9.17, 15) is 14.7 Å². The van der Waals surface area contributed by atoms with Crippen LogP contribution in [0.25, 0.3) is 0 Å². The molecule has 4 atom stereocenters. The van der Waals surface area contributed by atoms with Crippen molar-refractivity contribution in [2.45, 2.75) is 64.3 Å². The number of aliphatic hydroxyl groups is 1. The zero-order valence-corrected chi connectivity index (χ0v) is 13.2. The van der Waals surface area contributed by atoms with E-state index in [4.69, 9.17) is 0 Å². The quantitative estimate of drug-likeness (QED) is 0.813. The SMILES string of the molecule is CCC1CC2C(=O)N(C3(CO)CCCC(C)C3)C(=O)C2C1. The van der Waals surface area contributed by atoms with E-state index in [1.54, 1.807) is 0 Å². The highest BCUT2D eigenvalue weighted by Crippen LogP contribution is 2.49. The number of rotatable bonds is 3. The summed E-state index contributed by atoms with van der Waals surface area (Å²) < 4.78 is 0. The Kier molecular flexibility index (Phi) is 3.85. The van der Waals surface area contributed by atoms with Gasteiger partial charge in [0.05, 0.1) is 24.0 Å². The molecule has 0 spiro atoms. The van der Waals surface area contributed by atoms with Crippen LogP contribution in [0.15, 0.2) is 0 Å². The molecule has 118 valence electrons. The molecule has 0 aromatic rings. The Bertz CT molecular complexity index is 425. The van der Waals surface area contributed by atoms with Crippen LogP contribution in [0.3, 0.4) is 0 Å². The molecule has 0 radical (unpaired) electrons. The third kappa shape index (κ3) is 2.23. The minimum Gasteiger partial charge on any atom is -0.394 e. The zero-order valence-electron chi connectivity index (χ0n) is 13.2. The van der Waals surface area contributed by atoms with Crippen LogP contribution in [-0.4, -0.2) is 34.0 Å². The Morgan fingerprint density at radius 3 is 2.33 bits per heavy atom. The van der Waals surface area contributed by atoms with Gasteiger partial charge < -0.3 is 5.11 Å². The van der Waals surface area contributed by atoms with Crippen LogP contribution in [0.5, 0.6) is 0 Å². The van der Waals surface area contributed by atoms with Crippen LogP contribution < -0.4 is 0 Å². The van der Waals surface area contributed by atoms with Crippen LogP contribution in [0.2, 0.25) is 0 Å². The fourth-order valence-electron chi connectivity index (χ4n) is 4.98. The van der Waals surface area contributed by atoms with E-state index >= 15 is 0 Å². The lowest BCUT2D eigenvalue weighted by Crippen LogP contribution is -2.57.